The fraction of sp³-hybridized carbons (Fsp3) is 0.222. The second-order valence-electron chi connectivity index (χ2n) is 4.49. The van der Waals surface area contributed by atoms with Gasteiger partial charge in [0.25, 0.3) is 0 Å². The van der Waals surface area contributed by atoms with Crippen molar-refractivity contribution in [3.63, 3.8) is 0 Å². The van der Waals surface area contributed by atoms with Crippen molar-refractivity contribution in [1.29, 1.82) is 0 Å². The molecule has 0 aliphatic heterocycles. The number of benzene rings is 2. The summed E-state index contributed by atoms with van der Waals surface area (Å²) in [4.78, 5) is 0. The predicted octanol–water partition coefficient (Wildman–Crippen LogP) is 3.94. The number of unbranched alkanes of at least 4 members (excludes halogenated alkanes) is 1. The summed E-state index contributed by atoms with van der Waals surface area (Å²) in [7, 11) is 0. The van der Waals surface area contributed by atoms with E-state index in [0.717, 1.165) is 0 Å². The normalized spacial score (nSPS) is 11.6. The first-order valence-corrected chi connectivity index (χ1v) is 11.5. The van der Waals surface area contributed by atoms with Crippen LogP contribution in [0.3, 0.4) is 0 Å². The Morgan fingerprint density at radius 1 is 1.00 bits per heavy atom. The van der Waals surface area contributed by atoms with Gasteiger partial charge in [-0.2, -0.15) is 0 Å². The van der Waals surface area contributed by atoms with Gasteiger partial charge in [-0.25, -0.2) is 0 Å². The van der Waals surface area contributed by atoms with E-state index in [4.69, 9.17) is 0 Å². The van der Waals surface area contributed by atoms with Gasteiger partial charge >= 0.3 is 139 Å². The molecule has 0 heterocycles. The minimum atomic E-state index is -0.0000771. The first kappa shape index (κ1) is 15.9. The summed E-state index contributed by atoms with van der Waals surface area (Å²) >= 11 is 0.507. The van der Waals surface area contributed by atoms with Crippen LogP contribution in [0.2, 0.25) is 4.47 Å². The summed E-state index contributed by atoms with van der Waals surface area (Å²) in [6.07, 6.45) is 5.16. The van der Waals surface area contributed by atoms with Crippen LogP contribution in [-0.2, 0) is 0 Å². The zero-order valence-corrected chi connectivity index (χ0v) is 15.8. The first-order valence-electron chi connectivity index (χ1n) is 7.01. The van der Waals surface area contributed by atoms with E-state index in [1.807, 2.05) is 0 Å². The van der Waals surface area contributed by atoms with Crippen molar-refractivity contribution in [3.8, 4) is 0 Å². The molecular formula is C18H20SeTe. The standard InChI is InChI=1S/C18H20SeTe/c1-2-3-14-20-18(15-16-10-6-4-7-11-16)19-17-12-8-5-9-13-17/h4-13,15H,2-3,14H2,1H3/b18-15-. The van der Waals surface area contributed by atoms with Crippen molar-refractivity contribution in [3.05, 3.63) is 68.7 Å². The molecule has 0 nitrogen and oxygen atoms in total. The third-order valence-corrected chi connectivity index (χ3v) is 9.97. The molecule has 20 heavy (non-hydrogen) atoms. The number of hydrogen-bond acceptors (Lipinski definition) is 0. The van der Waals surface area contributed by atoms with E-state index in [0.29, 0.717) is 15.0 Å². The fourth-order valence-corrected chi connectivity index (χ4v) is 9.25. The predicted molar refractivity (Wildman–Crippen MR) is 91.7 cm³/mol. The van der Waals surface area contributed by atoms with Gasteiger partial charge in [0, 0.05) is 0 Å². The Kier molecular flexibility index (Phi) is 7.48. The summed E-state index contributed by atoms with van der Waals surface area (Å²) in [6, 6.07) is 21.7. The molecule has 0 N–H and O–H groups in total. The molecular weight excluding hydrogens is 423 g/mol. The van der Waals surface area contributed by atoms with Crippen molar-refractivity contribution in [2.24, 2.45) is 0 Å². The third kappa shape index (κ3) is 5.86. The molecule has 2 aromatic carbocycles. The van der Waals surface area contributed by atoms with E-state index in [1.165, 1.54) is 27.3 Å². The van der Waals surface area contributed by atoms with Gasteiger partial charge in [0.2, 0.25) is 0 Å². The molecule has 0 bridgehead atoms. The van der Waals surface area contributed by atoms with Crippen molar-refractivity contribution in [1.82, 2.24) is 0 Å². The van der Waals surface area contributed by atoms with E-state index in [2.05, 4.69) is 73.7 Å². The van der Waals surface area contributed by atoms with Crippen LogP contribution < -0.4 is 4.46 Å². The van der Waals surface area contributed by atoms with Crippen molar-refractivity contribution >= 4 is 46.4 Å². The Hall–Kier alpha value is -0.511. The SMILES string of the molecule is CCCC[Te]/C(=C\c1ccccc1)[Se]c1ccccc1. The second kappa shape index (κ2) is 9.43. The van der Waals surface area contributed by atoms with Crippen LogP contribution in [0.1, 0.15) is 25.3 Å². The molecule has 0 saturated heterocycles. The van der Waals surface area contributed by atoms with Gasteiger partial charge in [0.15, 0.2) is 0 Å². The van der Waals surface area contributed by atoms with Crippen LogP contribution in [0.4, 0.5) is 0 Å². The van der Waals surface area contributed by atoms with Gasteiger partial charge in [-0.05, 0) is 0 Å². The Balaban J connectivity index is 2.10. The van der Waals surface area contributed by atoms with Gasteiger partial charge in [0.1, 0.15) is 0 Å². The maximum absolute atomic E-state index is 2.45. The molecule has 2 heteroatoms. The molecule has 0 fully saturated rings. The topological polar surface area (TPSA) is 0 Å². The fourth-order valence-electron chi connectivity index (χ4n) is 1.71. The zero-order valence-electron chi connectivity index (χ0n) is 11.8. The van der Waals surface area contributed by atoms with Crippen molar-refractivity contribution in [2.75, 3.05) is 0 Å². The molecule has 2 rings (SSSR count). The number of rotatable bonds is 7. The molecule has 0 radical (unpaired) electrons. The van der Waals surface area contributed by atoms with Gasteiger partial charge < -0.3 is 0 Å². The van der Waals surface area contributed by atoms with E-state index < -0.39 is 0 Å². The second-order valence-corrected chi connectivity index (χ2v) is 11.9. The molecule has 0 spiro atoms. The average molecular weight is 443 g/mol. The van der Waals surface area contributed by atoms with Gasteiger partial charge in [-0.15, -0.1) is 0 Å². The van der Waals surface area contributed by atoms with Crippen LogP contribution in [0.15, 0.2) is 63.2 Å². The Labute approximate surface area is 138 Å². The molecule has 0 saturated carbocycles. The Morgan fingerprint density at radius 2 is 1.65 bits per heavy atom. The Bertz CT molecular complexity index is 520. The zero-order chi connectivity index (χ0) is 14.0. The number of hydrogen-bond donors (Lipinski definition) is 0. The molecule has 2 aromatic rings. The van der Waals surface area contributed by atoms with Gasteiger partial charge in [-0.1, -0.05) is 0 Å². The third-order valence-electron chi connectivity index (χ3n) is 2.79. The van der Waals surface area contributed by atoms with E-state index in [9.17, 15) is 0 Å². The summed E-state index contributed by atoms with van der Waals surface area (Å²) in [6.45, 7) is 2.29. The first-order chi connectivity index (χ1) is 9.88. The van der Waals surface area contributed by atoms with Crippen LogP contribution in [0, 0.1) is 0 Å². The summed E-state index contributed by atoms with van der Waals surface area (Å²) in [5.41, 5.74) is 1.36. The summed E-state index contributed by atoms with van der Waals surface area (Å²) < 4.78 is 4.67. The quantitative estimate of drug-likeness (QED) is 0.450. The molecule has 0 aromatic heterocycles. The molecule has 0 aliphatic carbocycles. The van der Waals surface area contributed by atoms with E-state index in [-0.39, 0.29) is 20.9 Å². The average Bonchev–Trinajstić information content (AvgIpc) is 2.49. The molecule has 104 valence electrons. The van der Waals surface area contributed by atoms with Crippen LogP contribution in [0.25, 0.3) is 6.08 Å². The molecule has 0 aliphatic rings. The van der Waals surface area contributed by atoms with Crippen LogP contribution >= 0.6 is 0 Å². The van der Waals surface area contributed by atoms with E-state index in [1.54, 1.807) is 2.52 Å². The maximum atomic E-state index is 2.45. The minimum absolute atomic E-state index is 0.0000771. The Morgan fingerprint density at radius 3 is 2.30 bits per heavy atom. The monoisotopic (exact) mass is 446 g/mol. The van der Waals surface area contributed by atoms with E-state index >= 15 is 0 Å². The van der Waals surface area contributed by atoms with Crippen LogP contribution in [0.5, 0.6) is 0 Å². The summed E-state index contributed by atoms with van der Waals surface area (Å²) in [5, 5.41) is 0. The van der Waals surface area contributed by atoms with Crippen molar-refractivity contribution < 1.29 is 0 Å². The molecule has 0 amide bonds. The summed E-state index contributed by atoms with van der Waals surface area (Å²) in [5.74, 6) is 0. The van der Waals surface area contributed by atoms with Gasteiger partial charge in [0.05, 0.1) is 0 Å². The van der Waals surface area contributed by atoms with Gasteiger partial charge in [-0.3, -0.25) is 0 Å². The molecule has 0 atom stereocenters. The van der Waals surface area contributed by atoms with Crippen LogP contribution in [-0.4, -0.2) is 35.9 Å². The van der Waals surface area contributed by atoms with Crippen molar-refractivity contribution in [2.45, 2.75) is 24.2 Å². The molecule has 0 unspecified atom stereocenters.